The third-order valence-electron chi connectivity index (χ3n) is 3.73. The van der Waals surface area contributed by atoms with Gasteiger partial charge >= 0.3 is 0 Å². The highest BCUT2D eigenvalue weighted by Crippen LogP contribution is 2.11. The van der Waals surface area contributed by atoms with Crippen LogP contribution in [-0.2, 0) is 4.79 Å². The normalized spacial score (nSPS) is 19.2. The molecule has 1 fully saturated rings. The predicted octanol–water partition coefficient (Wildman–Crippen LogP) is 0.408. The van der Waals surface area contributed by atoms with Crippen molar-refractivity contribution in [3.63, 3.8) is 0 Å². The van der Waals surface area contributed by atoms with E-state index in [-0.39, 0.29) is 5.91 Å². The first-order valence-electron chi connectivity index (χ1n) is 7.18. The van der Waals surface area contributed by atoms with Crippen LogP contribution in [0.5, 0.6) is 0 Å². The van der Waals surface area contributed by atoms with Gasteiger partial charge in [0.2, 0.25) is 11.8 Å². The lowest BCUT2D eigenvalue weighted by molar-refractivity contribution is -0.117. The van der Waals surface area contributed by atoms with Crippen LogP contribution in [0.4, 0.5) is 5.69 Å². The quantitative estimate of drug-likeness (QED) is 0.733. The summed E-state index contributed by atoms with van der Waals surface area (Å²) in [6.45, 7) is 2.23. The maximum Gasteiger partial charge on any atom is 0.248 e. The van der Waals surface area contributed by atoms with Crippen LogP contribution in [0.15, 0.2) is 24.3 Å². The lowest BCUT2D eigenvalue weighted by Gasteiger charge is -2.31. The van der Waals surface area contributed by atoms with Gasteiger partial charge in [-0.1, -0.05) is 0 Å². The van der Waals surface area contributed by atoms with Crippen LogP contribution in [0.2, 0.25) is 0 Å². The fraction of sp³-hybridized carbons (Fsp3) is 0.467. The number of carbonyl (C=O) groups excluding carboxylic acids is 2. The first-order chi connectivity index (χ1) is 10.1. The van der Waals surface area contributed by atoms with Gasteiger partial charge in [-0.2, -0.15) is 0 Å². The maximum absolute atomic E-state index is 12.0. The van der Waals surface area contributed by atoms with E-state index in [0.29, 0.717) is 23.8 Å². The molecule has 6 nitrogen and oxygen atoms in total. The van der Waals surface area contributed by atoms with E-state index in [4.69, 9.17) is 5.73 Å². The van der Waals surface area contributed by atoms with Crippen LogP contribution in [-0.4, -0.2) is 49.4 Å². The molecule has 0 saturated carbocycles. The highest BCUT2D eigenvalue weighted by Gasteiger charge is 2.20. The lowest BCUT2D eigenvalue weighted by Crippen LogP contribution is -2.46. The molecule has 0 aliphatic carbocycles. The number of nitrogens with one attached hydrogen (secondary N) is 2. The standard InChI is InChI=1S/C15H22N4O2/c1-17-13-3-2-8-19(9-13)10-14(20)18-12-6-4-11(5-7-12)15(16)21/h4-7,13,17H,2-3,8-10H2,1H3,(H2,16,21)(H,18,20). The van der Waals surface area contributed by atoms with Gasteiger partial charge in [0.25, 0.3) is 0 Å². The molecule has 1 atom stereocenters. The highest BCUT2D eigenvalue weighted by molar-refractivity contribution is 5.95. The molecule has 0 spiro atoms. The van der Waals surface area contributed by atoms with E-state index < -0.39 is 5.91 Å². The number of nitrogens with two attached hydrogens (primary N) is 1. The van der Waals surface area contributed by atoms with Crippen molar-refractivity contribution in [2.75, 3.05) is 32.0 Å². The summed E-state index contributed by atoms with van der Waals surface area (Å²) in [5.41, 5.74) is 6.28. The third-order valence-corrected chi connectivity index (χ3v) is 3.73. The Morgan fingerprint density at radius 2 is 2.05 bits per heavy atom. The van der Waals surface area contributed by atoms with Crippen molar-refractivity contribution in [2.24, 2.45) is 5.73 Å². The summed E-state index contributed by atoms with van der Waals surface area (Å²) in [6.07, 6.45) is 2.26. The molecule has 0 radical (unpaired) electrons. The van der Waals surface area contributed by atoms with E-state index in [0.717, 1.165) is 25.9 Å². The van der Waals surface area contributed by atoms with Crippen LogP contribution in [0.1, 0.15) is 23.2 Å². The fourth-order valence-electron chi connectivity index (χ4n) is 2.56. The highest BCUT2D eigenvalue weighted by atomic mass is 16.2. The van der Waals surface area contributed by atoms with Crippen LogP contribution < -0.4 is 16.4 Å². The van der Waals surface area contributed by atoms with Gasteiger partial charge in [-0.15, -0.1) is 0 Å². The van der Waals surface area contributed by atoms with E-state index >= 15 is 0 Å². The number of rotatable bonds is 5. The summed E-state index contributed by atoms with van der Waals surface area (Å²) in [5, 5.41) is 6.09. The van der Waals surface area contributed by atoms with E-state index in [2.05, 4.69) is 15.5 Å². The van der Waals surface area contributed by atoms with E-state index in [9.17, 15) is 9.59 Å². The molecule has 1 aromatic rings. The van der Waals surface area contributed by atoms with Crippen molar-refractivity contribution in [1.29, 1.82) is 0 Å². The average Bonchev–Trinajstić information content (AvgIpc) is 2.47. The molecule has 0 bridgehead atoms. The summed E-state index contributed by atoms with van der Waals surface area (Å²) >= 11 is 0. The summed E-state index contributed by atoms with van der Waals surface area (Å²) in [6, 6.07) is 7.04. The predicted molar refractivity (Wildman–Crippen MR) is 82.1 cm³/mol. The molecule has 1 aliphatic rings. The van der Waals surface area contributed by atoms with Gasteiger partial charge in [0.15, 0.2) is 0 Å². The molecule has 114 valence electrons. The minimum atomic E-state index is -0.473. The molecule has 2 amide bonds. The summed E-state index contributed by atoms with van der Waals surface area (Å²) < 4.78 is 0. The zero-order valence-corrected chi connectivity index (χ0v) is 12.3. The molecular formula is C15H22N4O2. The largest absolute Gasteiger partial charge is 0.366 e. The van der Waals surface area contributed by atoms with Crippen LogP contribution in [0.25, 0.3) is 0 Å². The smallest absolute Gasteiger partial charge is 0.248 e. The molecule has 1 saturated heterocycles. The zero-order chi connectivity index (χ0) is 15.2. The SMILES string of the molecule is CNC1CCCN(CC(=O)Nc2ccc(C(N)=O)cc2)C1. The molecule has 21 heavy (non-hydrogen) atoms. The second-order valence-electron chi connectivity index (χ2n) is 5.35. The summed E-state index contributed by atoms with van der Waals surface area (Å²) in [5.74, 6) is -0.516. The summed E-state index contributed by atoms with van der Waals surface area (Å²) in [4.78, 5) is 25.2. The number of likely N-dealkylation sites (N-methyl/N-ethyl adjacent to an activating group) is 1. The van der Waals surface area contributed by atoms with Gasteiger partial charge in [-0.25, -0.2) is 0 Å². The Bertz CT molecular complexity index is 501. The number of primary amides is 1. The van der Waals surface area contributed by atoms with E-state index in [1.165, 1.54) is 0 Å². The average molecular weight is 290 g/mol. The van der Waals surface area contributed by atoms with E-state index in [1.54, 1.807) is 24.3 Å². The Balaban J connectivity index is 1.85. The topological polar surface area (TPSA) is 87.5 Å². The van der Waals surface area contributed by atoms with Crippen molar-refractivity contribution in [3.8, 4) is 0 Å². The maximum atomic E-state index is 12.0. The Morgan fingerprint density at radius 1 is 1.33 bits per heavy atom. The van der Waals surface area contributed by atoms with E-state index in [1.807, 2.05) is 7.05 Å². The number of hydrogen-bond acceptors (Lipinski definition) is 4. The lowest BCUT2D eigenvalue weighted by atomic mass is 10.1. The zero-order valence-electron chi connectivity index (χ0n) is 12.3. The molecule has 4 N–H and O–H groups in total. The number of anilines is 1. The van der Waals surface area contributed by atoms with Crippen molar-refractivity contribution in [1.82, 2.24) is 10.2 Å². The molecule has 1 aromatic carbocycles. The minimum Gasteiger partial charge on any atom is -0.366 e. The first kappa shape index (κ1) is 15.5. The molecule has 1 aliphatic heterocycles. The van der Waals surface area contributed by atoms with Gasteiger partial charge in [0.1, 0.15) is 0 Å². The minimum absolute atomic E-state index is 0.0430. The number of piperidine rings is 1. The monoisotopic (exact) mass is 290 g/mol. The van der Waals surface area contributed by atoms with Crippen LogP contribution >= 0.6 is 0 Å². The molecular weight excluding hydrogens is 268 g/mol. The number of benzene rings is 1. The number of amides is 2. The molecule has 2 rings (SSSR count). The Kier molecular flexibility index (Phi) is 5.30. The molecule has 1 heterocycles. The van der Waals surface area contributed by atoms with Gasteiger partial charge < -0.3 is 16.4 Å². The third kappa shape index (κ3) is 4.54. The van der Waals surface area contributed by atoms with Crippen molar-refractivity contribution in [3.05, 3.63) is 29.8 Å². The number of hydrogen-bond donors (Lipinski definition) is 3. The van der Waals surface area contributed by atoms with Crippen LogP contribution in [0, 0.1) is 0 Å². The molecule has 1 unspecified atom stereocenters. The van der Waals surface area contributed by atoms with Gasteiger partial charge in [-0.3, -0.25) is 14.5 Å². The van der Waals surface area contributed by atoms with Gasteiger partial charge in [0.05, 0.1) is 6.54 Å². The van der Waals surface area contributed by atoms with Gasteiger partial charge in [-0.05, 0) is 50.7 Å². The summed E-state index contributed by atoms with van der Waals surface area (Å²) in [7, 11) is 1.95. The molecule has 6 heteroatoms. The fourth-order valence-corrected chi connectivity index (χ4v) is 2.56. The Hall–Kier alpha value is -1.92. The van der Waals surface area contributed by atoms with Crippen molar-refractivity contribution in [2.45, 2.75) is 18.9 Å². The second kappa shape index (κ2) is 7.19. The second-order valence-corrected chi connectivity index (χ2v) is 5.35. The number of nitrogens with zero attached hydrogens (tertiary/aromatic N) is 1. The van der Waals surface area contributed by atoms with Crippen molar-refractivity contribution >= 4 is 17.5 Å². The Labute approximate surface area is 124 Å². The number of likely N-dealkylation sites (tertiary alicyclic amines) is 1. The van der Waals surface area contributed by atoms with Gasteiger partial charge in [0, 0.05) is 23.8 Å². The molecule has 0 aromatic heterocycles. The number of carbonyl (C=O) groups is 2. The van der Waals surface area contributed by atoms with Crippen molar-refractivity contribution < 1.29 is 9.59 Å². The Morgan fingerprint density at radius 3 is 2.67 bits per heavy atom. The van der Waals surface area contributed by atoms with Crippen LogP contribution in [0.3, 0.4) is 0 Å². The first-order valence-corrected chi connectivity index (χ1v) is 7.18.